The highest BCUT2D eigenvalue weighted by atomic mass is 32.1. The third kappa shape index (κ3) is 5.79. The first-order chi connectivity index (χ1) is 8.26. The summed E-state index contributed by atoms with van der Waals surface area (Å²) < 4.78 is 0. The zero-order valence-electron chi connectivity index (χ0n) is 10.6. The van der Waals surface area contributed by atoms with Crippen molar-refractivity contribution in [3.05, 3.63) is 16.1 Å². The number of nitrogens with one attached hydrogen (secondary N) is 2. The Balaban J connectivity index is 2.16. The summed E-state index contributed by atoms with van der Waals surface area (Å²) in [7, 11) is 0. The first kappa shape index (κ1) is 14.1. The largest absolute Gasteiger partial charge is 0.354 e. The van der Waals surface area contributed by atoms with Crippen LogP contribution < -0.4 is 10.6 Å². The van der Waals surface area contributed by atoms with Crippen LogP contribution in [-0.2, 0) is 17.6 Å². The summed E-state index contributed by atoms with van der Waals surface area (Å²) in [4.78, 5) is 15.9. The van der Waals surface area contributed by atoms with Crippen LogP contribution in [0.3, 0.4) is 0 Å². The molecule has 17 heavy (non-hydrogen) atoms. The van der Waals surface area contributed by atoms with E-state index < -0.39 is 0 Å². The Kier molecular flexibility index (Phi) is 6.81. The molecule has 0 fully saturated rings. The Morgan fingerprint density at radius 2 is 2.18 bits per heavy atom. The molecule has 0 bridgehead atoms. The van der Waals surface area contributed by atoms with E-state index in [1.165, 1.54) is 0 Å². The minimum absolute atomic E-state index is 0.0521. The molecule has 0 aliphatic rings. The normalized spacial score (nSPS) is 10.5. The zero-order chi connectivity index (χ0) is 12.5. The SMILES string of the molecule is CCCNCCNC(=O)Cc1csc(CC)n1. The molecule has 1 heterocycles. The Morgan fingerprint density at radius 3 is 2.82 bits per heavy atom. The van der Waals surface area contributed by atoms with Gasteiger partial charge >= 0.3 is 0 Å². The highest BCUT2D eigenvalue weighted by Gasteiger charge is 2.06. The van der Waals surface area contributed by atoms with E-state index in [4.69, 9.17) is 0 Å². The number of aromatic nitrogens is 1. The number of hydrogen-bond donors (Lipinski definition) is 2. The van der Waals surface area contributed by atoms with Gasteiger partial charge < -0.3 is 10.6 Å². The van der Waals surface area contributed by atoms with Crippen molar-refractivity contribution >= 4 is 17.2 Å². The fourth-order valence-electron chi connectivity index (χ4n) is 1.41. The van der Waals surface area contributed by atoms with Gasteiger partial charge in [0.2, 0.25) is 5.91 Å². The molecule has 0 unspecified atom stereocenters. The first-order valence-corrected chi connectivity index (χ1v) is 7.05. The van der Waals surface area contributed by atoms with E-state index in [0.29, 0.717) is 13.0 Å². The summed E-state index contributed by atoms with van der Waals surface area (Å²) >= 11 is 1.62. The molecular weight excluding hydrogens is 234 g/mol. The van der Waals surface area contributed by atoms with Crippen LogP contribution in [0, 0.1) is 0 Å². The maximum absolute atomic E-state index is 11.6. The second kappa shape index (κ2) is 8.20. The van der Waals surface area contributed by atoms with Crippen LogP contribution in [0.25, 0.3) is 0 Å². The monoisotopic (exact) mass is 255 g/mol. The number of aryl methyl sites for hydroxylation is 1. The maximum atomic E-state index is 11.6. The van der Waals surface area contributed by atoms with E-state index in [1.54, 1.807) is 11.3 Å². The van der Waals surface area contributed by atoms with Crippen LogP contribution in [0.5, 0.6) is 0 Å². The predicted octanol–water partition coefficient (Wildman–Crippen LogP) is 1.36. The Morgan fingerprint density at radius 1 is 1.35 bits per heavy atom. The number of carbonyl (C=O) groups excluding carboxylic acids is 1. The molecule has 0 saturated heterocycles. The summed E-state index contributed by atoms with van der Waals surface area (Å²) in [5, 5.41) is 9.18. The molecule has 1 aromatic rings. The summed E-state index contributed by atoms with van der Waals surface area (Å²) in [5.41, 5.74) is 0.880. The van der Waals surface area contributed by atoms with E-state index >= 15 is 0 Å². The topological polar surface area (TPSA) is 54.0 Å². The number of thiazole rings is 1. The third-order valence-electron chi connectivity index (χ3n) is 2.29. The molecular formula is C12H21N3OS. The van der Waals surface area contributed by atoms with Crippen molar-refractivity contribution in [3.8, 4) is 0 Å². The van der Waals surface area contributed by atoms with Crippen molar-refractivity contribution in [1.82, 2.24) is 15.6 Å². The molecule has 0 spiro atoms. The first-order valence-electron chi connectivity index (χ1n) is 6.17. The molecule has 4 nitrogen and oxygen atoms in total. The smallest absolute Gasteiger partial charge is 0.226 e. The van der Waals surface area contributed by atoms with E-state index in [0.717, 1.165) is 36.6 Å². The number of rotatable bonds is 8. The van der Waals surface area contributed by atoms with Gasteiger partial charge in [-0.3, -0.25) is 4.79 Å². The quantitative estimate of drug-likeness (QED) is 0.690. The lowest BCUT2D eigenvalue weighted by molar-refractivity contribution is -0.120. The van der Waals surface area contributed by atoms with Gasteiger partial charge in [-0.25, -0.2) is 4.98 Å². The lowest BCUT2D eigenvalue weighted by atomic mass is 10.3. The fourth-order valence-corrected chi connectivity index (χ4v) is 2.16. The minimum atomic E-state index is 0.0521. The second-order valence-corrected chi connectivity index (χ2v) is 4.81. The third-order valence-corrected chi connectivity index (χ3v) is 3.34. The minimum Gasteiger partial charge on any atom is -0.354 e. The lowest BCUT2D eigenvalue weighted by Crippen LogP contribution is -2.33. The number of hydrogen-bond acceptors (Lipinski definition) is 4. The molecule has 0 aliphatic carbocycles. The van der Waals surface area contributed by atoms with Crippen molar-refractivity contribution in [2.24, 2.45) is 0 Å². The van der Waals surface area contributed by atoms with Gasteiger partial charge in [0.25, 0.3) is 0 Å². The van der Waals surface area contributed by atoms with Gasteiger partial charge in [-0.15, -0.1) is 11.3 Å². The van der Waals surface area contributed by atoms with Crippen LogP contribution in [-0.4, -0.2) is 30.5 Å². The van der Waals surface area contributed by atoms with Crippen molar-refractivity contribution in [2.75, 3.05) is 19.6 Å². The van der Waals surface area contributed by atoms with Gasteiger partial charge in [0.05, 0.1) is 17.1 Å². The zero-order valence-corrected chi connectivity index (χ0v) is 11.4. The lowest BCUT2D eigenvalue weighted by Gasteiger charge is -2.04. The van der Waals surface area contributed by atoms with E-state index in [1.807, 2.05) is 5.38 Å². The highest BCUT2D eigenvalue weighted by molar-refractivity contribution is 7.09. The summed E-state index contributed by atoms with van der Waals surface area (Å²) in [5.74, 6) is 0.0521. The van der Waals surface area contributed by atoms with Gasteiger partial charge in [0, 0.05) is 18.5 Å². The summed E-state index contributed by atoms with van der Waals surface area (Å²) in [6, 6.07) is 0. The molecule has 96 valence electrons. The average molecular weight is 255 g/mol. The van der Waals surface area contributed by atoms with Gasteiger partial charge in [0.15, 0.2) is 0 Å². The molecule has 0 aromatic carbocycles. The Bertz CT molecular complexity index is 338. The summed E-state index contributed by atoms with van der Waals surface area (Å²) in [6.45, 7) is 6.71. The highest BCUT2D eigenvalue weighted by Crippen LogP contribution is 2.10. The Hall–Kier alpha value is -0.940. The van der Waals surface area contributed by atoms with Gasteiger partial charge in [-0.1, -0.05) is 13.8 Å². The Labute approximate surface area is 107 Å². The van der Waals surface area contributed by atoms with Crippen molar-refractivity contribution in [1.29, 1.82) is 0 Å². The molecule has 2 N–H and O–H groups in total. The van der Waals surface area contributed by atoms with Crippen LogP contribution in [0.4, 0.5) is 0 Å². The molecule has 1 amide bonds. The van der Waals surface area contributed by atoms with Crippen molar-refractivity contribution < 1.29 is 4.79 Å². The maximum Gasteiger partial charge on any atom is 0.226 e. The van der Waals surface area contributed by atoms with Crippen LogP contribution >= 0.6 is 11.3 Å². The molecule has 0 atom stereocenters. The van der Waals surface area contributed by atoms with E-state index in [9.17, 15) is 4.79 Å². The fraction of sp³-hybridized carbons (Fsp3) is 0.667. The molecule has 0 saturated carbocycles. The van der Waals surface area contributed by atoms with Crippen LogP contribution in [0.2, 0.25) is 0 Å². The van der Waals surface area contributed by atoms with Crippen LogP contribution in [0.1, 0.15) is 31.0 Å². The number of nitrogens with zero attached hydrogens (tertiary/aromatic N) is 1. The summed E-state index contributed by atoms with van der Waals surface area (Å²) in [6.07, 6.45) is 2.45. The van der Waals surface area contributed by atoms with Crippen LogP contribution in [0.15, 0.2) is 5.38 Å². The van der Waals surface area contributed by atoms with Gasteiger partial charge in [0.1, 0.15) is 0 Å². The van der Waals surface area contributed by atoms with E-state index in [-0.39, 0.29) is 5.91 Å². The molecule has 1 aromatic heterocycles. The van der Waals surface area contributed by atoms with Crippen molar-refractivity contribution in [2.45, 2.75) is 33.1 Å². The average Bonchev–Trinajstić information content (AvgIpc) is 2.76. The van der Waals surface area contributed by atoms with E-state index in [2.05, 4.69) is 29.5 Å². The van der Waals surface area contributed by atoms with Gasteiger partial charge in [-0.05, 0) is 19.4 Å². The predicted molar refractivity (Wildman–Crippen MR) is 71.4 cm³/mol. The second-order valence-electron chi connectivity index (χ2n) is 3.86. The standard InChI is InChI=1S/C12H21N3OS/c1-3-5-13-6-7-14-11(16)8-10-9-17-12(4-2)15-10/h9,13H,3-8H2,1-2H3,(H,14,16). The number of amides is 1. The van der Waals surface area contributed by atoms with Crippen molar-refractivity contribution in [3.63, 3.8) is 0 Å². The molecule has 0 aliphatic heterocycles. The molecule has 5 heteroatoms. The molecule has 0 radical (unpaired) electrons. The number of carbonyl (C=O) groups is 1. The van der Waals surface area contributed by atoms with Gasteiger partial charge in [-0.2, -0.15) is 0 Å². The molecule has 1 rings (SSSR count).